The molecule has 1 fully saturated rings. The Balaban J connectivity index is 2.43. The van der Waals surface area contributed by atoms with Gasteiger partial charge in [-0.05, 0) is 32.6 Å². The molecule has 0 aromatic carbocycles. The number of Topliss-reactive ketones (excluding diaryl/α,β-unsaturated/α-hetero) is 1. The third-order valence-corrected chi connectivity index (χ3v) is 3.28. The summed E-state index contributed by atoms with van der Waals surface area (Å²) in [6.45, 7) is 1.65. The molecule has 0 spiro atoms. The first kappa shape index (κ1) is 12.0. The Morgan fingerprint density at radius 3 is 2.13 bits per heavy atom. The predicted molar refractivity (Wildman–Crippen MR) is 56.6 cm³/mol. The van der Waals surface area contributed by atoms with Crippen molar-refractivity contribution in [2.24, 2.45) is 5.92 Å². The molecule has 4 heteroatoms. The molecule has 0 bridgehead atoms. The third kappa shape index (κ3) is 2.94. The monoisotopic (exact) mass is 213 g/mol. The molecule has 0 aromatic heterocycles. The average Bonchev–Trinajstić information content (AvgIpc) is 2.27. The molecule has 0 N–H and O–H groups in total. The van der Waals surface area contributed by atoms with Gasteiger partial charge in [0.05, 0.1) is 7.11 Å². The minimum atomic E-state index is -0.290. The predicted octanol–water partition coefficient (Wildman–Crippen LogP) is 1.83. The lowest BCUT2D eigenvalue weighted by atomic mass is 9.83. The number of hydrogen-bond donors (Lipinski definition) is 0. The lowest BCUT2D eigenvalue weighted by Gasteiger charge is -2.32. The van der Waals surface area contributed by atoms with Gasteiger partial charge < -0.3 is 9.64 Å². The Bertz CT molecular complexity index is 244. The maximum Gasteiger partial charge on any atom is 0.409 e. The number of nitrogens with zero attached hydrogens (tertiary/aromatic N) is 1. The SMILES string of the molecule is COC(=O)N(C)[C@H]1CC[C@H](C(C)=O)CC1. The summed E-state index contributed by atoms with van der Waals surface area (Å²) >= 11 is 0. The van der Waals surface area contributed by atoms with E-state index in [-0.39, 0.29) is 23.8 Å². The first-order chi connectivity index (χ1) is 7.06. The van der Waals surface area contributed by atoms with Gasteiger partial charge in [-0.1, -0.05) is 0 Å². The van der Waals surface area contributed by atoms with Crippen LogP contribution in [-0.4, -0.2) is 37.0 Å². The largest absolute Gasteiger partial charge is 0.453 e. The van der Waals surface area contributed by atoms with E-state index in [9.17, 15) is 9.59 Å². The van der Waals surface area contributed by atoms with Crippen LogP contribution < -0.4 is 0 Å². The topological polar surface area (TPSA) is 46.6 Å². The Kier molecular flexibility index (Phi) is 4.12. The zero-order chi connectivity index (χ0) is 11.4. The smallest absolute Gasteiger partial charge is 0.409 e. The Hall–Kier alpha value is -1.06. The highest BCUT2D eigenvalue weighted by molar-refractivity contribution is 5.78. The average molecular weight is 213 g/mol. The zero-order valence-corrected chi connectivity index (χ0v) is 9.66. The van der Waals surface area contributed by atoms with E-state index in [1.54, 1.807) is 18.9 Å². The van der Waals surface area contributed by atoms with Crippen molar-refractivity contribution in [2.75, 3.05) is 14.2 Å². The molecule has 1 saturated carbocycles. The van der Waals surface area contributed by atoms with E-state index in [1.165, 1.54) is 7.11 Å². The molecule has 0 heterocycles. The fraction of sp³-hybridized carbons (Fsp3) is 0.818. The van der Waals surface area contributed by atoms with Crippen LogP contribution in [0.3, 0.4) is 0 Å². The van der Waals surface area contributed by atoms with E-state index in [0.717, 1.165) is 25.7 Å². The molecule has 0 aliphatic heterocycles. The van der Waals surface area contributed by atoms with Crippen molar-refractivity contribution in [1.29, 1.82) is 0 Å². The summed E-state index contributed by atoms with van der Waals surface area (Å²) in [5, 5.41) is 0. The van der Waals surface area contributed by atoms with Crippen LogP contribution in [0.4, 0.5) is 4.79 Å². The Morgan fingerprint density at radius 2 is 1.73 bits per heavy atom. The van der Waals surface area contributed by atoms with Crippen LogP contribution in [0.2, 0.25) is 0 Å². The van der Waals surface area contributed by atoms with Crippen molar-refractivity contribution in [3.8, 4) is 0 Å². The summed E-state index contributed by atoms with van der Waals surface area (Å²) < 4.78 is 4.66. The molecule has 0 atom stereocenters. The summed E-state index contributed by atoms with van der Waals surface area (Å²) in [5.74, 6) is 0.474. The minimum Gasteiger partial charge on any atom is -0.453 e. The maximum absolute atomic E-state index is 11.3. The van der Waals surface area contributed by atoms with E-state index in [2.05, 4.69) is 4.74 Å². The lowest BCUT2D eigenvalue weighted by Crippen LogP contribution is -2.40. The standard InChI is InChI=1S/C11H19NO3/c1-8(13)9-4-6-10(7-5-9)12(2)11(14)15-3/h9-10H,4-7H2,1-3H3/t9-,10-. The fourth-order valence-corrected chi connectivity index (χ4v) is 2.16. The van der Waals surface area contributed by atoms with Crippen molar-refractivity contribution in [3.05, 3.63) is 0 Å². The highest BCUT2D eigenvalue weighted by atomic mass is 16.5. The van der Waals surface area contributed by atoms with Gasteiger partial charge in [0.25, 0.3) is 0 Å². The van der Waals surface area contributed by atoms with Crippen LogP contribution in [-0.2, 0) is 9.53 Å². The maximum atomic E-state index is 11.3. The number of carbonyl (C=O) groups excluding carboxylic acids is 2. The molecular weight excluding hydrogens is 194 g/mol. The van der Waals surface area contributed by atoms with Crippen molar-refractivity contribution in [2.45, 2.75) is 38.6 Å². The number of hydrogen-bond acceptors (Lipinski definition) is 3. The first-order valence-electron chi connectivity index (χ1n) is 5.37. The van der Waals surface area contributed by atoms with E-state index in [0.29, 0.717) is 0 Å². The molecule has 15 heavy (non-hydrogen) atoms. The summed E-state index contributed by atoms with van der Waals surface area (Å²) in [4.78, 5) is 24.1. The fourth-order valence-electron chi connectivity index (χ4n) is 2.16. The van der Waals surface area contributed by atoms with Gasteiger partial charge in [0.2, 0.25) is 0 Å². The van der Waals surface area contributed by atoms with Gasteiger partial charge in [-0.25, -0.2) is 4.79 Å². The van der Waals surface area contributed by atoms with E-state index < -0.39 is 0 Å². The van der Waals surface area contributed by atoms with Gasteiger partial charge in [0, 0.05) is 19.0 Å². The molecule has 86 valence electrons. The van der Waals surface area contributed by atoms with E-state index in [1.807, 2.05) is 0 Å². The number of ether oxygens (including phenoxy) is 1. The van der Waals surface area contributed by atoms with Crippen LogP contribution in [0, 0.1) is 5.92 Å². The summed E-state index contributed by atoms with van der Waals surface area (Å²) in [6.07, 6.45) is 3.29. The van der Waals surface area contributed by atoms with Crippen molar-refractivity contribution >= 4 is 11.9 Å². The highest BCUT2D eigenvalue weighted by Crippen LogP contribution is 2.27. The Morgan fingerprint density at radius 1 is 1.20 bits per heavy atom. The van der Waals surface area contributed by atoms with Gasteiger partial charge in [-0.3, -0.25) is 4.79 Å². The normalized spacial score (nSPS) is 25.8. The van der Waals surface area contributed by atoms with Crippen LogP contribution in [0.5, 0.6) is 0 Å². The molecule has 4 nitrogen and oxygen atoms in total. The van der Waals surface area contributed by atoms with Gasteiger partial charge in [-0.2, -0.15) is 0 Å². The molecule has 1 aliphatic rings. The number of rotatable bonds is 2. The first-order valence-corrected chi connectivity index (χ1v) is 5.37. The van der Waals surface area contributed by atoms with Crippen LogP contribution in [0.1, 0.15) is 32.6 Å². The van der Waals surface area contributed by atoms with Crippen molar-refractivity contribution in [3.63, 3.8) is 0 Å². The zero-order valence-electron chi connectivity index (χ0n) is 9.66. The number of amides is 1. The molecule has 1 aliphatic carbocycles. The summed E-state index contributed by atoms with van der Waals surface area (Å²) in [6, 6.07) is 0.230. The molecule has 0 unspecified atom stereocenters. The van der Waals surface area contributed by atoms with Crippen molar-refractivity contribution < 1.29 is 14.3 Å². The lowest BCUT2D eigenvalue weighted by molar-refractivity contribution is -0.121. The number of methoxy groups -OCH3 is 1. The number of carbonyl (C=O) groups is 2. The van der Waals surface area contributed by atoms with Gasteiger partial charge in [-0.15, -0.1) is 0 Å². The van der Waals surface area contributed by atoms with Crippen LogP contribution in [0.15, 0.2) is 0 Å². The summed E-state index contributed by atoms with van der Waals surface area (Å²) in [7, 11) is 3.14. The Labute approximate surface area is 90.6 Å². The van der Waals surface area contributed by atoms with Crippen LogP contribution in [0.25, 0.3) is 0 Å². The van der Waals surface area contributed by atoms with Gasteiger partial charge >= 0.3 is 6.09 Å². The molecule has 0 saturated heterocycles. The summed E-state index contributed by atoms with van der Waals surface area (Å²) in [5.41, 5.74) is 0. The third-order valence-electron chi connectivity index (χ3n) is 3.28. The van der Waals surface area contributed by atoms with E-state index >= 15 is 0 Å². The minimum absolute atomic E-state index is 0.201. The second-order valence-electron chi connectivity index (χ2n) is 4.20. The highest BCUT2D eigenvalue weighted by Gasteiger charge is 2.28. The van der Waals surface area contributed by atoms with E-state index in [4.69, 9.17) is 0 Å². The van der Waals surface area contributed by atoms with Gasteiger partial charge in [0.1, 0.15) is 5.78 Å². The molecule has 0 radical (unpaired) electrons. The van der Waals surface area contributed by atoms with Crippen molar-refractivity contribution in [1.82, 2.24) is 4.90 Å². The van der Waals surface area contributed by atoms with Crippen LogP contribution >= 0.6 is 0 Å². The quantitative estimate of drug-likeness (QED) is 0.703. The molecule has 0 aromatic rings. The number of ketones is 1. The molecular formula is C11H19NO3. The second kappa shape index (κ2) is 5.14. The second-order valence-corrected chi connectivity index (χ2v) is 4.20. The molecule has 1 amide bonds. The van der Waals surface area contributed by atoms with Gasteiger partial charge in [0.15, 0.2) is 0 Å². The molecule has 1 rings (SSSR count).